The van der Waals surface area contributed by atoms with Gasteiger partial charge in [-0.05, 0) is 31.2 Å². The van der Waals surface area contributed by atoms with Crippen molar-refractivity contribution in [1.82, 2.24) is 4.98 Å². The number of terminal acetylenes is 1. The minimum Gasteiger partial charge on any atom is -0.366 e. The second-order valence-electron chi connectivity index (χ2n) is 3.82. The average Bonchev–Trinajstić information content (AvgIpc) is 2.37. The standard InChI is InChI=1S/C13H11N3O2/c1-3-9(2)15-12-7-6-11-10(5-4-8-14-11)13(12)16(17)18/h1,4-9,15H,2H3. The molecule has 1 unspecified atom stereocenters. The number of hydrogen-bond donors (Lipinski definition) is 1. The van der Waals surface area contributed by atoms with E-state index in [-0.39, 0.29) is 11.7 Å². The summed E-state index contributed by atoms with van der Waals surface area (Å²) in [6, 6.07) is 6.42. The lowest BCUT2D eigenvalue weighted by atomic mass is 10.1. The molecule has 1 atom stereocenters. The molecule has 0 fully saturated rings. The van der Waals surface area contributed by atoms with E-state index in [1.165, 1.54) is 0 Å². The Balaban J connectivity index is 2.64. The number of rotatable bonds is 3. The summed E-state index contributed by atoms with van der Waals surface area (Å²) in [6.45, 7) is 1.76. The molecule has 1 aromatic heterocycles. The van der Waals surface area contributed by atoms with E-state index in [1.54, 1.807) is 37.4 Å². The normalized spacial score (nSPS) is 11.8. The van der Waals surface area contributed by atoms with Gasteiger partial charge in [0, 0.05) is 6.20 Å². The highest BCUT2D eigenvalue weighted by Gasteiger charge is 2.19. The molecular weight excluding hydrogens is 230 g/mol. The van der Waals surface area contributed by atoms with Crippen LogP contribution in [-0.4, -0.2) is 15.9 Å². The lowest BCUT2D eigenvalue weighted by Crippen LogP contribution is -2.13. The molecule has 1 N–H and O–H groups in total. The smallest absolute Gasteiger partial charge is 0.301 e. The Morgan fingerprint density at radius 2 is 2.28 bits per heavy atom. The van der Waals surface area contributed by atoms with Crippen LogP contribution in [-0.2, 0) is 0 Å². The first kappa shape index (κ1) is 11.9. The third-order valence-electron chi connectivity index (χ3n) is 2.56. The summed E-state index contributed by atoms with van der Waals surface area (Å²) < 4.78 is 0. The van der Waals surface area contributed by atoms with Crippen molar-refractivity contribution in [3.63, 3.8) is 0 Å². The summed E-state index contributed by atoms with van der Waals surface area (Å²) in [5.74, 6) is 2.48. The predicted octanol–water partition coefficient (Wildman–Crippen LogP) is 2.58. The number of nitro benzene ring substituents is 1. The monoisotopic (exact) mass is 241 g/mol. The fraction of sp³-hybridized carbons (Fsp3) is 0.154. The van der Waals surface area contributed by atoms with Crippen molar-refractivity contribution in [2.24, 2.45) is 0 Å². The third-order valence-corrected chi connectivity index (χ3v) is 2.56. The van der Waals surface area contributed by atoms with Crippen LogP contribution in [0.4, 0.5) is 11.4 Å². The van der Waals surface area contributed by atoms with Crippen LogP contribution in [0.15, 0.2) is 30.5 Å². The number of nitro groups is 1. The second kappa shape index (κ2) is 4.72. The molecule has 0 aliphatic carbocycles. The van der Waals surface area contributed by atoms with Crippen molar-refractivity contribution in [3.8, 4) is 12.3 Å². The molecule has 2 rings (SSSR count). The number of anilines is 1. The van der Waals surface area contributed by atoms with Gasteiger partial charge in [0.05, 0.1) is 21.9 Å². The van der Waals surface area contributed by atoms with Crippen LogP contribution >= 0.6 is 0 Å². The number of fused-ring (bicyclic) bond motifs is 1. The first-order valence-electron chi connectivity index (χ1n) is 5.38. The molecule has 0 radical (unpaired) electrons. The van der Waals surface area contributed by atoms with Gasteiger partial charge in [-0.2, -0.15) is 0 Å². The highest BCUT2D eigenvalue weighted by molar-refractivity contribution is 5.94. The van der Waals surface area contributed by atoms with E-state index in [9.17, 15) is 10.1 Å². The molecule has 1 aromatic carbocycles. The zero-order valence-corrected chi connectivity index (χ0v) is 9.75. The van der Waals surface area contributed by atoms with Crippen molar-refractivity contribution in [1.29, 1.82) is 0 Å². The van der Waals surface area contributed by atoms with Crippen molar-refractivity contribution in [2.75, 3.05) is 5.32 Å². The van der Waals surface area contributed by atoms with Crippen LogP contribution in [0.3, 0.4) is 0 Å². The summed E-state index contributed by atoms with van der Waals surface area (Å²) >= 11 is 0. The van der Waals surface area contributed by atoms with Crippen molar-refractivity contribution in [3.05, 3.63) is 40.6 Å². The molecular formula is C13H11N3O2. The van der Waals surface area contributed by atoms with E-state index in [0.717, 1.165) is 0 Å². The van der Waals surface area contributed by atoms with E-state index >= 15 is 0 Å². The molecule has 0 bridgehead atoms. The van der Waals surface area contributed by atoms with Gasteiger partial charge in [0.15, 0.2) is 0 Å². The number of benzene rings is 1. The maximum absolute atomic E-state index is 11.2. The molecule has 5 heteroatoms. The first-order chi connectivity index (χ1) is 8.63. The summed E-state index contributed by atoms with van der Waals surface area (Å²) in [7, 11) is 0. The third kappa shape index (κ3) is 2.09. The summed E-state index contributed by atoms with van der Waals surface area (Å²) in [6.07, 6.45) is 6.86. The zero-order valence-electron chi connectivity index (χ0n) is 9.75. The molecule has 5 nitrogen and oxygen atoms in total. The Hall–Kier alpha value is -2.61. The van der Waals surface area contributed by atoms with Gasteiger partial charge in [0.2, 0.25) is 0 Å². The Morgan fingerprint density at radius 1 is 1.50 bits per heavy atom. The Labute approximate surface area is 104 Å². The number of nitrogens with zero attached hydrogens (tertiary/aromatic N) is 2. The molecule has 0 saturated heterocycles. The fourth-order valence-corrected chi connectivity index (χ4v) is 1.72. The molecule has 0 saturated carbocycles. The van der Waals surface area contributed by atoms with Crippen molar-refractivity contribution < 1.29 is 4.92 Å². The highest BCUT2D eigenvalue weighted by atomic mass is 16.6. The fourth-order valence-electron chi connectivity index (χ4n) is 1.72. The Morgan fingerprint density at radius 3 is 2.94 bits per heavy atom. The van der Waals surface area contributed by atoms with Crippen LogP contribution in [0, 0.1) is 22.5 Å². The molecule has 0 amide bonds. The molecule has 1 heterocycles. The quantitative estimate of drug-likeness (QED) is 0.509. The van der Waals surface area contributed by atoms with E-state index in [4.69, 9.17) is 6.42 Å². The largest absolute Gasteiger partial charge is 0.366 e. The van der Waals surface area contributed by atoms with Gasteiger partial charge < -0.3 is 5.32 Å². The van der Waals surface area contributed by atoms with Gasteiger partial charge in [-0.1, -0.05) is 5.92 Å². The van der Waals surface area contributed by atoms with E-state index in [2.05, 4.69) is 16.2 Å². The van der Waals surface area contributed by atoms with Crippen LogP contribution in [0.2, 0.25) is 0 Å². The average molecular weight is 241 g/mol. The maximum atomic E-state index is 11.2. The highest BCUT2D eigenvalue weighted by Crippen LogP contribution is 2.32. The molecule has 0 spiro atoms. The van der Waals surface area contributed by atoms with Crippen molar-refractivity contribution in [2.45, 2.75) is 13.0 Å². The molecule has 2 aromatic rings. The summed E-state index contributed by atoms with van der Waals surface area (Å²) in [4.78, 5) is 14.9. The van der Waals surface area contributed by atoms with Gasteiger partial charge in [0.25, 0.3) is 0 Å². The maximum Gasteiger partial charge on any atom is 0.301 e. The minimum absolute atomic E-state index is 0.00250. The molecule has 0 aliphatic rings. The number of aromatic nitrogens is 1. The van der Waals surface area contributed by atoms with E-state index in [0.29, 0.717) is 16.6 Å². The number of nitrogens with one attached hydrogen (secondary N) is 1. The Kier molecular flexibility index (Phi) is 3.11. The summed E-state index contributed by atoms with van der Waals surface area (Å²) in [5.41, 5.74) is 0.997. The SMILES string of the molecule is C#CC(C)Nc1ccc2ncccc2c1[N+](=O)[O-]. The topological polar surface area (TPSA) is 68.1 Å². The molecule has 18 heavy (non-hydrogen) atoms. The molecule has 0 aliphatic heterocycles. The predicted molar refractivity (Wildman–Crippen MR) is 70.3 cm³/mol. The van der Waals surface area contributed by atoms with Crippen LogP contribution in [0.5, 0.6) is 0 Å². The van der Waals surface area contributed by atoms with E-state index < -0.39 is 4.92 Å². The lowest BCUT2D eigenvalue weighted by molar-refractivity contribution is -0.382. The van der Waals surface area contributed by atoms with Crippen LogP contribution < -0.4 is 5.32 Å². The first-order valence-corrected chi connectivity index (χ1v) is 5.38. The zero-order chi connectivity index (χ0) is 13.1. The molecule has 90 valence electrons. The van der Waals surface area contributed by atoms with Crippen molar-refractivity contribution >= 4 is 22.3 Å². The van der Waals surface area contributed by atoms with Gasteiger partial charge in [-0.3, -0.25) is 15.1 Å². The second-order valence-corrected chi connectivity index (χ2v) is 3.82. The van der Waals surface area contributed by atoms with Gasteiger partial charge >= 0.3 is 5.69 Å². The number of pyridine rings is 1. The minimum atomic E-state index is -0.421. The Bertz CT molecular complexity index is 646. The van der Waals surface area contributed by atoms with Crippen LogP contribution in [0.1, 0.15) is 6.92 Å². The van der Waals surface area contributed by atoms with E-state index in [1.807, 2.05) is 0 Å². The number of hydrogen-bond acceptors (Lipinski definition) is 4. The lowest BCUT2D eigenvalue weighted by Gasteiger charge is -2.10. The van der Waals surface area contributed by atoms with Gasteiger partial charge in [0.1, 0.15) is 5.69 Å². The van der Waals surface area contributed by atoms with Crippen LogP contribution in [0.25, 0.3) is 10.9 Å². The van der Waals surface area contributed by atoms with Gasteiger partial charge in [-0.15, -0.1) is 6.42 Å². The van der Waals surface area contributed by atoms with Gasteiger partial charge in [-0.25, -0.2) is 0 Å². The summed E-state index contributed by atoms with van der Waals surface area (Å²) in [5, 5.41) is 14.6.